The molecule has 4 rings (SSSR count). The smallest absolute Gasteiger partial charge is 0.328 e. The second-order valence-electron chi connectivity index (χ2n) is 7.69. The van der Waals surface area contributed by atoms with Gasteiger partial charge in [-0.1, -0.05) is 35.3 Å². The van der Waals surface area contributed by atoms with Crippen LogP contribution < -0.4 is 10.0 Å². The fourth-order valence-corrected chi connectivity index (χ4v) is 6.12. The summed E-state index contributed by atoms with van der Waals surface area (Å²) in [6, 6.07) is 13.0. The van der Waals surface area contributed by atoms with Crippen LogP contribution in [0.15, 0.2) is 59.5 Å². The van der Waals surface area contributed by atoms with Crippen molar-refractivity contribution >= 4 is 96.1 Å². The normalized spacial score (nSPS) is 12.2. The molecule has 0 saturated heterocycles. The minimum absolute atomic E-state index is 0.00982. The number of fused-ring (bicyclic) bond motifs is 1. The molecule has 0 radical (unpaired) electrons. The summed E-state index contributed by atoms with van der Waals surface area (Å²) in [7, 11) is -2.93. The van der Waals surface area contributed by atoms with Crippen molar-refractivity contribution in [1.82, 2.24) is 14.1 Å². The van der Waals surface area contributed by atoms with E-state index >= 15 is 0 Å². The van der Waals surface area contributed by atoms with Crippen LogP contribution in [-0.2, 0) is 26.0 Å². The van der Waals surface area contributed by atoms with Crippen molar-refractivity contribution in [1.29, 1.82) is 0 Å². The number of hydrogen-bond donors (Lipinski definition) is 2. The SMILES string of the molecule is COC(=O)[C@H](Cc1ccc(Cl)c(Cl)c1)NC(=O)c1ccc(I)cc1NS(=O)(=O)c1cccc2nsnc12. The highest BCUT2D eigenvalue weighted by Gasteiger charge is 2.26. The number of amides is 1. The quantitative estimate of drug-likeness (QED) is 0.199. The van der Waals surface area contributed by atoms with Gasteiger partial charge in [-0.15, -0.1) is 0 Å². The van der Waals surface area contributed by atoms with Crippen LogP contribution in [0.1, 0.15) is 15.9 Å². The lowest BCUT2D eigenvalue weighted by atomic mass is 10.0. The molecule has 192 valence electrons. The summed E-state index contributed by atoms with van der Waals surface area (Å²) in [5.41, 5.74) is 1.35. The monoisotopic (exact) mass is 690 g/mol. The first kappa shape index (κ1) is 27.5. The first-order valence-corrected chi connectivity index (χ1v) is 14.5. The van der Waals surface area contributed by atoms with Crippen molar-refractivity contribution in [3.63, 3.8) is 0 Å². The number of nitrogens with one attached hydrogen (secondary N) is 2. The number of rotatable bonds is 8. The molecule has 1 aromatic heterocycles. The van der Waals surface area contributed by atoms with Gasteiger partial charge in [-0.25, -0.2) is 13.2 Å². The highest BCUT2D eigenvalue weighted by atomic mass is 127. The summed E-state index contributed by atoms with van der Waals surface area (Å²) >= 11 is 14.9. The standard InChI is InChI=1S/C23H17Cl2IN4O5S2/c1-35-23(32)19(10-12-5-8-15(24)16(25)9-12)27-22(31)14-7-6-13(26)11-18(14)30-37(33,34)20-4-2-3-17-21(20)29-36-28-17/h2-9,11,19,30H,10H2,1H3,(H,27,31)/t19-/m0/s1. The topological polar surface area (TPSA) is 127 Å². The molecule has 14 heteroatoms. The van der Waals surface area contributed by atoms with Crippen LogP contribution in [0.5, 0.6) is 0 Å². The van der Waals surface area contributed by atoms with Gasteiger partial charge in [-0.3, -0.25) is 9.52 Å². The Balaban J connectivity index is 1.63. The largest absolute Gasteiger partial charge is 0.467 e. The molecule has 9 nitrogen and oxygen atoms in total. The summed E-state index contributed by atoms with van der Waals surface area (Å²) in [6.07, 6.45) is 0.0690. The summed E-state index contributed by atoms with van der Waals surface area (Å²) in [6.45, 7) is 0. The lowest BCUT2D eigenvalue weighted by Crippen LogP contribution is -2.43. The van der Waals surface area contributed by atoms with Crippen LogP contribution in [0, 0.1) is 3.57 Å². The van der Waals surface area contributed by atoms with Crippen molar-refractivity contribution in [3.05, 3.63) is 79.3 Å². The third-order valence-corrected chi connectivity index (χ3v) is 8.57. The van der Waals surface area contributed by atoms with E-state index in [9.17, 15) is 18.0 Å². The molecule has 37 heavy (non-hydrogen) atoms. The number of sulfonamides is 1. The third-order valence-electron chi connectivity index (χ3n) is 5.22. The fraction of sp³-hybridized carbons (Fsp3) is 0.130. The molecule has 2 N–H and O–H groups in total. The first-order chi connectivity index (χ1) is 17.6. The van der Waals surface area contributed by atoms with Crippen LogP contribution >= 0.6 is 57.5 Å². The van der Waals surface area contributed by atoms with Gasteiger partial charge in [0, 0.05) is 9.99 Å². The Morgan fingerprint density at radius 1 is 1.08 bits per heavy atom. The van der Waals surface area contributed by atoms with Crippen LogP contribution in [0.4, 0.5) is 5.69 Å². The third kappa shape index (κ3) is 6.32. The van der Waals surface area contributed by atoms with E-state index in [1.165, 1.54) is 25.3 Å². The number of esters is 1. The number of halogens is 3. The summed E-state index contributed by atoms with van der Waals surface area (Å²) in [4.78, 5) is 25.7. The van der Waals surface area contributed by atoms with E-state index in [-0.39, 0.29) is 28.1 Å². The summed E-state index contributed by atoms with van der Waals surface area (Å²) in [5, 5.41) is 3.28. The fourth-order valence-electron chi connectivity index (χ4n) is 3.47. The van der Waals surface area contributed by atoms with Gasteiger partial charge in [0.2, 0.25) is 0 Å². The van der Waals surface area contributed by atoms with Gasteiger partial charge in [0.1, 0.15) is 22.0 Å². The van der Waals surface area contributed by atoms with Crippen molar-refractivity contribution in [2.24, 2.45) is 0 Å². The Labute approximate surface area is 240 Å². The number of nitrogens with zero attached hydrogens (tertiary/aromatic N) is 2. The van der Waals surface area contributed by atoms with Crippen molar-refractivity contribution in [3.8, 4) is 0 Å². The second kappa shape index (κ2) is 11.5. The van der Waals surface area contributed by atoms with E-state index in [1.54, 1.807) is 36.4 Å². The highest BCUT2D eigenvalue weighted by molar-refractivity contribution is 14.1. The molecule has 0 aliphatic rings. The average Bonchev–Trinajstić information content (AvgIpc) is 3.34. The van der Waals surface area contributed by atoms with Crippen LogP contribution in [-0.4, -0.2) is 42.2 Å². The Hall–Kier alpha value is -2.52. The minimum Gasteiger partial charge on any atom is -0.467 e. The molecule has 4 aromatic rings. The van der Waals surface area contributed by atoms with Crippen LogP contribution in [0.2, 0.25) is 10.0 Å². The van der Waals surface area contributed by atoms with Gasteiger partial charge in [0.15, 0.2) is 0 Å². The van der Waals surface area contributed by atoms with Crippen molar-refractivity contribution in [2.75, 3.05) is 11.8 Å². The number of hydrogen-bond acceptors (Lipinski definition) is 8. The average molecular weight is 691 g/mol. The Bertz CT molecular complexity index is 1610. The van der Waals surface area contributed by atoms with E-state index in [0.717, 1.165) is 11.7 Å². The van der Waals surface area contributed by atoms with Crippen molar-refractivity contribution < 1.29 is 22.7 Å². The number of benzene rings is 3. The number of carbonyl (C=O) groups excluding carboxylic acids is 2. The molecular weight excluding hydrogens is 674 g/mol. The van der Waals surface area contributed by atoms with Gasteiger partial charge in [0.25, 0.3) is 15.9 Å². The van der Waals surface area contributed by atoms with Gasteiger partial charge in [-0.2, -0.15) is 8.75 Å². The zero-order chi connectivity index (χ0) is 26.7. The highest BCUT2D eigenvalue weighted by Crippen LogP contribution is 2.27. The molecule has 0 unspecified atom stereocenters. The number of ether oxygens (including phenoxy) is 1. The van der Waals surface area contributed by atoms with Gasteiger partial charge in [-0.05, 0) is 70.6 Å². The molecule has 0 fully saturated rings. The van der Waals surface area contributed by atoms with Crippen molar-refractivity contribution in [2.45, 2.75) is 17.4 Å². The van der Waals surface area contributed by atoms with Gasteiger partial charge in [0.05, 0.1) is 40.1 Å². The second-order valence-corrected chi connectivity index (χ2v) is 11.9. The zero-order valence-electron chi connectivity index (χ0n) is 18.9. The number of carbonyl (C=O) groups is 2. The Morgan fingerprint density at radius 2 is 1.86 bits per heavy atom. The number of methoxy groups -OCH3 is 1. The molecule has 0 spiro atoms. The maximum atomic E-state index is 13.3. The molecule has 1 heterocycles. The molecule has 0 aliphatic heterocycles. The minimum atomic E-state index is -4.14. The van der Waals surface area contributed by atoms with E-state index in [4.69, 9.17) is 27.9 Å². The molecular formula is C23H17Cl2IN4O5S2. The zero-order valence-corrected chi connectivity index (χ0v) is 24.2. The molecule has 0 aliphatic carbocycles. The molecule has 1 amide bonds. The molecule has 1 atom stereocenters. The first-order valence-electron chi connectivity index (χ1n) is 10.5. The predicted octanol–water partition coefficient (Wildman–Crippen LogP) is 4.92. The summed E-state index contributed by atoms with van der Waals surface area (Å²) < 4.78 is 42.7. The maximum absolute atomic E-state index is 13.3. The molecule has 0 bridgehead atoms. The Kier molecular flexibility index (Phi) is 8.53. The molecule has 0 saturated carbocycles. The maximum Gasteiger partial charge on any atom is 0.328 e. The van der Waals surface area contributed by atoms with E-state index in [1.807, 2.05) is 22.6 Å². The van der Waals surface area contributed by atoms with E-state index in [0.29, 0.717) is 24.7 Å². The predicted molar refractivity (Wildman–Crippen MR) is 151 cm³/mol. The van der Waals surface area contributed by atoms with E-state index in [2.05, 4.69) is 18.8 Å². The molecule has 3 aromatic carbocycles. The van der Waals surface area contributed by atoms with E-state index < -0.39 is 27.9 Å². The number of anilines is 1. The Morgan fingerprint density at radius 3 is 2.59 bits per heavy atom. The lowest BCUT2D eigenvalue weighted by molar-refractivity contribution is -0.142. The van der Waals surface area contributed by atoms with Crippen LogP contribution in [0.25, 0.3) is 11.0 Å². The van der Waals surface area contributed by atoms with Gasteiger partial charge < -0.3 is 10.1 Å². The summed E-state index contributed by atoms with van der Waals surface area (Å²) in [5.74, 6) is -1.37. The number of aromatic nitrogens is 2. The van der Waals surface area contributed by atoms with Crippen LogP contribution in [0.3, 0.4) is 0 Å². The van der Waals surface area contributed by atoms with Gasteiger partial charge >= 0.3 is 5.97 Å². The lowest BCUT2D eigenvalue weighted by Gasteiger charge is -2.19.